The molecule has 0 aliphatic carbocycles. The average molecular weight is 252 g/mol. The number of rotatable bonds is 6. The topological polar surface area (TPSA) is 66.8 Å². The smallest absolute Gasteiger partial charge is 0.485 e. The summed E-state index contributed by atoms with van der Waals surface area (Å²) in [6, 6.07) is 0. The molecule has 1 radical (unpaired) electrons. The molecule has 0 heterocycles. The molecule has 0 saturated heterocycles. The quantitative estimate of drug-likeness (QED) is 0.683. The molecule has 4 nitrogen and oxygen atoms in total. The molecule has 14 heavy (non-hydrogen) atoms. The first kappa shape index (κ1) is 16.4. The second kappa shape index (κ2) is 9.53. The van der Waals surface area contributed by atoms with Crippen LogP contribution in [0.3, 0.4) is 0 Å². The molecule has 0 aromatic carbocycles. The maximum atomic E-state index is 11.1. The van der Waals surface area contributed by atoms with Crippen LogP contribution in [0.15, 0.2) is 0 Å². The number of unbranched alkanes of at least 4 members (excludes halogenated alkanes) is 1. The average Bonchev–Trinajstić information content (AvgIpc) is 2.04. The maximum absolute atomic E-state index is 11.1. The van der Waals surface area contributed by atoms with Gasteiger partial charge >= 0.3 is 7.32 Å². The minimum atomic E-state index is -1.98. The van der Waals surface area contributed by atoms with E-state index in [9.17, 15) is 4.79 Å². The van der Waals surface area contributed by atoms with E-state index in [1.54, 1.807) is 0 Å². The molecular formula is C8H17BCuO4. The predicted octanol–water partition coefficient (Wildman–Crippen LogP) is 0.713. The molecule has 0 spiro atoms. The summed E-state index contributed by atoms with van der Waals surface area (Å²) in [6.45, 7) is 3.92. The van der Waals surface area contributed by atoms with E-state index in [4.69, 9.17) is 10.0 Å². The summed E-state index contributed by atoms with van der Waals surface area (Å²) in [7, 11) is -1.98. The van der Waals surface area contributed by atoms with Crippen LogP contribution < -0.4 is 0 Å². The third kappa shape index (κ3) is 7.38. The summed E-state index contributed by atoms with van der Waals surface area (Å²) in [5.41, 5.74) is 0. The van der Waals surface area contributed by atoms with Crippen LogP contribution in [0.5, 0.6) is 0 Å². The Morgan fingerprint density at radius 2 is 2.00 bits per heavy atom. The van der Waals surface area contributed by atoms with Crippen molar-refractivity contribution in [1.82, 2.24) is 0 Å². The maximum Gasteiger partial charge on any atom is 0.709 e. The molecule has 0 aliphatic heterocycles. The minimum Gasteiger partial charge on any atom is -0.485 e. The fraction of sp³-hybridized carbons (Fsp3) is 0.875. The van der Waals surface area contributed by atoms with Gasteiger partial charge in [0.2, 0.25) is 0 Å². The van der Waals surface area contributed by atoms with Crippen molar-refractivity contribution in [1.29, 1.82) is 0 Å². The molecule has 0 amide bonds. The van der Waals surface area contributed by atoms with Gasteiger partial charge in [0.15, 0.2) is 0 Å². The first-order valence-corrected chi connectivity index (χ1v) is 4.68. The van der Waals surface area contributed by atoms with Crippen molar-refractivity contribution in [3.63, 3.8) is 0 Å². The monoisotopic (exact) mass is 251 g/mol. The van der Waals surface area contributed by atoms with Gasteiger partial charge in [-0.2, -0.15) is 0 Å². The minimum absolute atomic E-state index is 0. The Bertz CT molecular complexity index is 154. The van der Waals surface area contributed by atoms with Crippen LogP contribution in [-0.4, -0.2) is 23.3 Å². The summed E-state index contributed by atoms with van der Waals surface area (Å²) < 4.78 is 4.27. The van der Waals surface area contributed by atoms with E-state index in [-0.39, 0.29) is 23.0 Å². The van der Waals surface area contributed by atoms with Crippen molar-refractivity contribution in [2.24, 2.45) is 5.92 Å². The summed E-state index contributed by atoms with van der Waals surface area (Å²) in [4.78, 5) is 11.1. The van der Waals surface area contributed by atoms with Crippen LogP contribution in [0, 0.1) is 5.92 Å². The Labute approximate surface area is 95.7 Å². The van der Waals surface area contributed by atoms with Crippen molar-refractivity contribution in [2.45, 2.75) is 39.5 Å². The van der Waals surface area contributed by atoms with Gasteiger partial charge in [-0.15, -0.1) is 0 Å². The SMILES string of the molecule is CCCCC(CC)C(=O)OB(O)O.[Cu]. The molecule has 0 aromatic rings. The normalized spacial score (nSPS) is 11.4. The van der Waals surface area contributed by atoms with Gasteiger partial charge in [-0.1, -0.05) is 26.7 Å². The second-order valence-electron chi connectivity index (χ2n) is 3.01. The van der Waals surface area contributed by atoms with Crippen molar-refractivity contribution in [2.75, 3.05) is 0 Å². The summed E-state index contributed by atoms with van der Waals surface area (Å²) >= 11 is 0. The van der Waals surface area contributed by atoms with Crippen molar-refractivity contribution >= 4 is 13.3 Å². The van der Waals surface area contributed by atoms with E-state index >= 15 is 0 Å². The van der Waals surface area contributed by atoms with Crippen molar-refractivity contribution in [3.05, 3.63) is 0 Å². The molecule has 0 aromatic heterocycles. The molecule has 1 unspecified atom stereocenters. The van der Waals surface area contributed by atoms with Crippen LogP contribution >= 0.6 is 0 Å². The third-order valence-corrected chi connectivity index (χ3v) is 1.95. The predicted molar refractivity (Wildman–Crippen MR) is 49.6 cm³/mol. The Hall–Kier alpha value is -0.0256. The molecule has 1 atom stereocenters. The van der Waals surface area contributed by atoms with Gasteiger partial charge in [0, 0.05) is 17.1 Å². The van der Waals surface area contributed by atoms with E-state index in [0.717, 1.165) is 19.3 Å². The van der Waals surface area contributed by atoms with E-state index < -0.39 is 13.3 Å². The van der Waals surface area contributed by atoms with Crippen LogP contribution in [0.2, 0.25) is 0 Å². The van der Waals surface area contributed by atoms with Gasteiger partial charge in [-0.05, 0) is 12.8 Å². The number of carbonyl (C=O) groups is 1. The second-order valence-corrected chi connectivity index (χ2v) is 3.01. The summed E-state index contributed by atoms with van der Waals surface area (Å²) in [5.74, 6) is -0.729. The van der Waals surface area contributed by atoms with E-state index in [2.05, 4.69) is 4.65 Å². The largest absolute Gasteiger partial charge is 0.709 e. The zero-order valence-corrected chi connectivity index (χ0v) is 9.44. The zero-order chi connectivity index (χ0) is 10.3. The standard InChI is InChI=1S/C8H17BO4.Cu/c1-3-5-6-7(4-2)8(10)13-9(11)12;/h7,11-12H,3-6H2,1-2H3;. The van der Waals surface area contributed by atoms with Crippen molar-refractivity contribution in [3.8, 4) is 0 Å². The van der Waals surface area contributed by atoms with Crippen molar-refractivity contribution < 1.29 is 36.6 Å². The van der Waals surface area contributed by atoms with Gasteiger partial charge in [-0.3, -0.25) is 4.79 Å². The van der Waals surface area contributed by atoms with Crippen LogP contribution in [0.25, 0.3) is 0 Å². The third-order valence-electron chi connectivity index (χ3n) is 1.95. The first-order valence-electron chi connectivity index (χ1n) is 4.68. The molecule has 0 saturated carbocycles. The molecule has 87 valence electrons. The Balaban J connectivity index is 0. The first-order chi connectivity index (χ1) is 6.11. The van der Waals surface area contributed by atoms with E-state index in [0.29, 0.717) is 6.42 Å². The van der Waals surface area contributed by atoms with E-state index in [1.165, 1.54) is 0 Å². The van der Waals surface area contributed by atoms with Gasteiger partial charge in [0.05, 0.1) is 5.92 Å². The van der Waals surface area contributed by atoms with Crippen LogP contribution in [0.4, 0.5) is 0 Å². The molecule has 0 bridgehead atoms. The number of hydrogen-bond donors (Lipinski definition) is 2. The number of carbonyl (C=O) groups excluding carboxylic acids is 1. The fourth-order valence-electron chi connectivity index (χ4n) is 1.14. The van der Waals surface area contributed by atoms with Gasteiger partial charge in [-0.25, -0.2) is 0 Å². The molecule has 0 rings (SSSR count). The van der Waals surface area contributed by atoms with Gasteiger partial charge in [0.1, 0.15) is 0 Å². The number of hydrogen-bond acceptors (Lipinski definition) is 4. The van der Waals surface area contributed by atoms with E-state index in [1.807, 2.05) is 13.8 Å². The molecular weight excluding hydrogens is 234 g/mol. The Morgan fingerprint density at radius 3 is 2.36 bits per heavy atom. The van der Waals surface area contributed by atoms with Gasteiger partial charge in [0.25, 0.3) is 5.97 Å². The summed E-state index contributed by atoms with van der Waals surface area (Å²) in [6.07, 6.45) is 3.39. The molecule has 6 heteroatoms. The summed E-state index contributed by atoms with van der Waals surface area (Å²) in [5, 5.41) is 16.8. The molecule has 0 aliphatic rings. The zero-order valence-electron chi connectivity index (χ0n) is 8.50. The van der Waals surface area contributed by atoms with Crippen LogP contribution in [-0.2, 0) is 26.5 Å². The fourth-order valence-corrected chi connectivity index (χ4v) is 1.14. The van der Waals surface area contributed by atoms with Gasteiger partial charge < -0.3 is 14.7 Å². The Morgan fingerprint density at radius 1 is 1.43 bits per heavy atom. The Kier molecular flexibility index (Phi) is 11.2. The van der Waals surface area contributed by atoms with Crippen LogP contribution in [0.1, 0.15) is 39.5 Å². The molecule has 0 fully saturated rings. The molecule has 2 N–H and O–H groups in total.